The van der Waals surface area contributed by atoms with Gasteiger partial charge in [0.25, 0.3) is 11.8 Å². The highest BCUT2D eigenvalue weighted by atomic mass is 32.2. The number of benzene rings is 5. The number of alkyl halides is 3. The summed E-state index contributed by atoms with van der Waals surface area (Å²) in [5.74, 6) is -2.13. The number of ketones is 1. The minimum Gasteiger partial charge on any atom is -0.497 e. The van der Waals surface area contributed by atoms with E-state index in [2.05, 4.69) is 27.6 Å². The number of methoxy groups -OCH3 is 1. The SMILES string of the molecule is COc1ccc(CC(=O)Nc2ccc(C(=O)N(CC(=O)CS(C)(=O)=O)Cc3ccc(-c4noc(-c5ccc(-c6ccc(C)cc6)cc5)n4)cc3)cc2)c(C(F)(F)F)c1. The number of halogens is 3. The molecule has 6 aromatic rings. The highest BCUT2D eigenvalue weighted by molar-refractivity contribution is 7.91. The Kier molecular flexibility index (Phi) is 12.2. The molecule has 58 heavy (non-hydrogen) atoms. The van der Waals surface area contributed by atoms with Gasteiger partial charge in [-0.2, -0.15) is 18.2 Å². The van der Waals surface area contributed by atoms with Crippen molar-refractivity contribution in [1.82, 2.24) is 15.0 Å². The minimum atomic E-state index is -4.71. The summed E-state index contributed by atoms with van der Waals surface area (Å²) < 4.78 is 75.1. The van der Waals surface area contributed by atoms with Gasteiger partial charge < -0.3 is 19.5 Å². The Morgan fingerprint density at radius 2 is 1.41 bits per heavy atom. The zero-order valence-electron chi connectivity index (χ0n) is 31.5. The van der Waals surface area contributed by atoms with E-state index in [-0.39, 0.29) is 29.1 Å². The number of hydrogen-bond donors (Lipinski definition) is 1. The van der Waals surface area contributed by atoms with Gasteiger partial charge in [0, 0.05) is 35.2 Å². The van der Waals surface area contributed by atoms with E-state index in [0.29, 0.717) is 22.8 Å². The molecule has 0 saturated carbocycles. The number of anilines is 1. The van der Waals surface area contributed by atoms with Gasteiger partial charge in [-0.3, -0.25) is 14.4 Å². The zero-order valence-corrected chi connectivity index (χ0v) is 32.4. The van der Waals surface area contributed by atoms with Gasteiger partial charge in [-0.15, -0.1) is 0 Å². The Morgan fingerprint density at radius 3 is 2.02 bits per heavy atom. The largest absolute Gasteiger partial charge is 0.497 e. The lowest BCUT2D eigenvalue weighted by Gasteiger charge is -2.22. The summed E-state index contributed by atoms with van der Waals surface area (Å²) in [6.07, 6.45) is -4.37. The van der Waals surface area contributed by atoms with Gasteiger partial charge in [0.15, 0.2) is 15.6 Å². The van der Waals surface area contributed by atoms with Crippen LogP contribution in [0.3, 0.4) is 0 Å². The summed E-state index contributed by atoms with van der Waals surface area (Å²) in [5.41, 5.74) is 4.35. The predicted octanol–water partition coefficient (Wildman–Crippen LogP) is 7.84. The van der Waals surface area contributed by atoms with Crippen LogP contribution in [-0.2, 0) is 38.6 Å². The number of nitrogens with one attached hydrogen (secondary N) is 1. The number of hydrogen-bond acceptors (Lipinski definition) is 9. The summed E-state index contributed by atoms with van der Waals surface area (Å²) in [5, 5.41) is 6.65. The number of sulfone groups is 1. The van der Waals surface area contributed by atoms with Crippen LogP contribution in [0, 0.1) is 6.92 Å². The number of carbonyl (C=O) groups is 3. The number of aromatic nitrogens is 2. The Bertz CT molecular complexity index is 2540. The fourth-order valence-electron chi connectivity index (χ4n) is 6.10. The first-order valence-electron chi connectivity index (χ1n) is 17.8. The average molecular weight is 811 g/mol. The molecule has 0 unspecified atom stereocenters. The van der Waals surface area contributed by atoms with Crippen molar-refractivity contribution in [2.75, 3.05) is 31.0 Å². The number of aryl methyl sites for hydroxylation is 1. The maximum Gasteiger partial charge on any atom is 0.416 e. The molecule has 0 spiro atoms. The average Bonchev–Trinajstić information content (AvgIpc) is 3.68. The maximum atomic E-state index is 13.7. The minimum absolute atomic E-state index is 0.00410. The second-order valence-electron chi connectivity index (χ2n) is 13.7. The van der Waals surface area contributed by atoms with E-state index in [1.54, 1.807) is 24.3 Å². The molecule has 0 aliphatic carbocycles. The van der Waals surface area contributed by atoms with Gasteiger partial charge in [0.05, 0.1) is 25.6 Å². The molecule has 0 atom stereocenters. The lowest BCUT2D eigenvalue weighted by Crippen LogP contribution is -2.37. The van der Waals surface area contributed by atoms with Crippen LogP contribution in [0.15, 0.2) is 120 Å². The Hall–Kier alpha value is -6.61. The fraction of sp³-hybridized carbons (Fsp3) is 0.186. The second kappa shape index (κ2) is 17.3. The number of ether oxygens (including phenoxy) is 1. The van der Waals surface area contributed by atoms with Crippen LogP contribution in [0.5, 0.6) is 5.75 Å². The molecule has 0 saturated heterocycles. The van der Waals surface area contributed by atoms with Crippen LogP contribution in [0.25, 0.3) is 34.0 Å². The molecule has 15 heteroatoms. The summed E-state index contributed by atoms with van der Waals surface area (Å²) in [4.78, 5) is 45.0. The smallest absolute Gasteiger partial charge is 0.416 e. The van der Waals surface area contributed by atoms with E-state index in [9.17, 15) is 36.0 Å². The molecule has 1 N–H and O–H groups in total. The zero-order chi connectivity index (χ0) is 41.6. The van der Waals surface area contributed by atoms with Crippen molar-refractivity contribution in [1.29, 1.82) is 0 Å². The first-order chi connectivity index (χ1) is 27.5. The monoisotopic (exact) mass is 810 g/mol. The Labute approximate surface area is 332 Å². The molecule has 1 heterocycles. The van der Waals surface area contributed by atoms with Crippen LogP contribution < -0.4 is 10.1 Å². The van der Waals surface area contributed by atoms with Crippen molar-refractivity contribution >= 4 is 33.1 Å². The molecule has 298 valence electrons. The molecular formula is C43H37F3N4O7S. The summed E-state index contributed by atoms with van der Waals surface area (Å²) in [6.45, 7) is 1.46. The van der Waals surface area contributed by atoms with E-state index >= 15 is 0 Å². The molecule has 5 aromatic carbocycles. The Balaban J connectivity index is 1.13. The van der Waals surface area contributed by atoms with E-state index in [0.717, 1.165) is 29.0 Å². The number of amides is 2. The molecule has 0 fully saturated rings. The molecule has 1 aromatic heterocycles. The summed E-state index contributed by atoms with van der Waals surface area (Å²) in [6, 6.07) is 31.7. The highest BCUT2D eigenvalue weighted by Crippen LogP contribution is 2.35. The van der Waals surface area contributed by atoms with Crippen LogP contribution in [0.2, 0.25) is 0 Å². The third-order valence-electron chi connectivity index (χ3n) is 9.00. The molecular weight excluding hydrogens is 774 g/mol. The number of nitrogens with zero attached hydrogens (tertiary/aromatic N) is 3. The van der Waals surface area contributed by atoms with E-state index < -0.39 is 57.9 Å². The number of Topliss-reactive ketones (excluding diaryl/α,β-unsaturated/α-hetero) is 1. The topological polar surface area (TPSA) is 149 Å². The molecule has 0 aliphatic heterocycles. The third-order valence-corrected chi connectivity index (χ3v) is 9.84. The molecule has 11 nitrogen and oxygen atoms in total. The van der Waals surface area contributed by atoms with Crippen molar-refractivity contribution in [3.05, 3.63) is 143 Å². The normalized spacial score (nSPS) is 11.6. The number of rotatable bonds is 14. The van der Waals surface area contributed by atoms with Crippen molar-refractivity contribution in [2.24, 2.45) is 0 Å². The number of carbonyl (C=O) groups excluding carboxylic acids is 3. The first kappa shape index (κ1) is 41.0. The standard InChI is InChI=1S/C43H37F3N4O7S/c1-27-4-8-29(9-5-27)30-12-14-32(15-13-30)41-48-40(49-57-41)31-10-6-28(7-11-31)24-50(25-36(51)26-58(3,54)55)42(53)33-16-19-35(20-17-33)47-39(52)22-34-18-21-37(56-2)23-38(34)43(44,45)46/h4-21,23H,22,24-26H2,1-3H3,(H,47,52). The van der Waals surface area contributed by atoms with Crippen LogP contribution in [0.4, 0.5) is 18.9 Å². The lowest BCUT2D eigenvalue weighted by atomic mass is 10.0. The maximum absolute atomic E-state index is 13.7. The summed E-state index contributed by atoms with van der Waals surface area (Å²) in [7, 11) is -2.44. The van der Waals surface area contributed by atoms with E-state index in [4.69, 9.17) is 9.26 Å². The fourth-order valence-corrected chi connectivity index (χ4v) is 6.77. The van der Waals surface area contributed by atoms with Gasteiger partial charge in [0.2, 0.25) is 11.7 Å². The van der Waals surface area contributed by atoms with Crippen molar-refractivity contribution in [2.45, 2.75) is 26.1 Å². The van der Waals surface area contributed by atoms with Gasteiger partial charge >= 0.3 is 6.18 Å². The quantitative estimate of drug-likeness (QED) is 0.116. The lowest BCUT2D eigenvalue weighted by molar-refractivity contribution is -0.138. The van der Waals surface area contributed by atoms with Crippen LogP contribution in [0.1, 0.15) is 32.6 Å². The van der Waals surface area contributed by atoms with Crippen molar-refractivity contribution in [3.63, 3.8) is 0 Å². The van der Waals surface area contributed by atoms with Gasteiger partial charge in [-0.25, -0.2) is 8.42 Å². The van der Waals surface area contributed by atoms with Gasteiger partial charge in [-0.05, 0) is 77.7 Å². The second-order valence-corrected chi connectivity index (χ2v) is 15.8. The van der Waals surface area contributed by atoms with Crippen molar-refractivity contribution in [3.8, 4) is 39.7 Å². The molecule has 0 bridgehead atoms. The molecule has 6 rings (SSSR count). The van der Waals surface area contributed by atoms with Gasteiger partial charge in [-0.1, -0.05) is 77.5 Å². The first-order valence-corrected chi connectivity index (χ1v) is 19.8. The van der Waals surface area contributed by atoms with E-state index in [1.165, 1.54) is 54.0 Å². The molecule has 0 radical (unpaired) electrons. The van der Waals surface area contributed by atoms with Crippen LogP contribution >= 0.6 is 0 Å². The highest BCUT2D eigenvalue weighted by Gasteiger charge is 2.34. The third kappa shape index (κ3) is 10.6. The predicted molar refractivity (Wildman–Crippen MR) is 212 cm³/mol. The van der Waals surface area contributed by atoms with Crippen LogP contribution in [-0.4, -0.2) is 66.7 Å². The molecule has 0 aliphatic rings. The summed E-state index contributed by atoms with van der Waals surface area (Å²) >= 11 is 0. The molecule has 2 amide bonds. The van der Waals surface area contributed by atoms with Crippen molar-refractivity contribution < 1.29 is 45.2 Å². The Morgan fingerprint density at radius 1 is 0.810 bits per heavy atom. The van der Waals surface area contributed by atoms with Gasteiger partial charge in [0.1, 0.15) is 11.5 Å². The van der Waals surface area contributed by atoms with E-state index in [1.807, 2.05) is 43.3 Å².